The van der Waals surface area contributed by atoms with E-state index in [-0.39, 0.29) is 23.6 Å². The van der Waals surface area contributed by atoms with Crippen molar-refractivity contribution in [3.63, 3.8) is 0 Å². The van der Waals surface area contributed by atoms with E-state index in [2.05, 4.69) is 23.3 Å². The number of hydrogen-bond acceptors (Lipinski definition) is 6. The highest BCUT2D eigenvalue weighted by Gasteiger charge is 2.39. The predicted molar refractivity (Wildman–Crippen MR) is 143 cm³/mol. The van der Waals surface area contributed by atoms with E-state index in [1.54, 1.807) is 39.0 Å². The molecular formula is C27H37N3O5S. The number of carbonyl (C=O) groups excluding carboxylic acids is 3. The van der Waals surface area contributed by atoms with Gasteiger partial charge in [-0.1, -0.05) is 55.5 Å². The summed E-state index contributed by atoms with van der Waals surface area (Å²) >= 11 is 4.28. The molecule has 3 unspecified atom stereocenters. The lowest BCUT2D eigenvalue weighted by molar-refractivity contribution is -0.144. The van der Waals surface area contributed by atoms with Crippen LogP contribution in [0.5, 0.6) is 5.75 Å². The van der Waals surface area contributed by atoms with Gasteiger partial charge in [0.2, 0.25) is 11.8 Å². The normalized spacial score (nSPS) is 13.7. The molecule has 0 heterocycles. The maximum absolute atomic E-state index is 13.8. The van der Waals surface area contributed by atoms with Gasteiger partial charge in [0, 0.05) is 23.9 Å². The Kier molecular flexibility index (Phi) is 10.6. The molecule has 0 aliphatic heterocycles. The van der Waals surface area contributed by atoms with E-state index in [4.69, 9.17) is 4.74 Å². The number of thiol groups is 1. The van der Waals surface area contributed by atoms with Crippen LogP contribution in [0.4, 0.5) is 4.79 Å². The second kappa shape index (κ2) is 13.2. The van der Waals surface area contributed by atoms with Crippen molar-refractivity contribution in [2.45, 2.75) is 71.3 Å². The highest BCUT2D eigenvalue weighted by molar-refractivity contribution is 7.80. The number of para-hydroxylation sites is 1. The van der Waals surface area contributed by atoms with Gasteiger partial charge >= 0.3 is 6.09 Å². The van der Waals surface area contributed by atoms with Gasteiger partial charge in [-0.25, -0.2) is 4.79 Å². The van der Waals surface area contributed by atoms with E-state index in [0.717, 1.165) is 5.56 Å². The zero-order valence-corrected chi connectivity index (χ0v) is 22.4. The third-order valence-corrected chi connectivity index (χ3v) is 5.92. The predicted octanol–water partition coefficient (Wildman–Crippen LogP) is 4.20. The average Bonchev–Trinajstić information content (AvgIpc) is 2.83. The van der Waals surface area contributed by atoms with Gasteiger partial charge in [0.15, 0.2) is 0 Å². The Hall–Kier alpha value is -3.20. The fraction of sp³-hybridized carbons (Fsp3) is 0.444. The number of benzene rings is 2. The number of nitrogens with one attached hydrogen (secondary N) is 2. The van der Waals surface area contributed by atoms with Gasteiger partial charge < -0.3 is 25.4 Å². The number of rotatable bonds is 10. The van der Waals surface area contributed by atoms with Crippen molar-refractivity contribution in [1.29, 1.82) is 0 Å². The summed E-state index contributed by atoms with van der Waals surface area (Å²) in [5, 5.41) is 16.1. The van der Waals surface area contributed by atoms with E-state index in [1.165, 1.54) is 11.0 Å². The number of carbonyl (C=O) groups is 3. The Morgan fingerprint density at radius 3 is 2.22 bits per heavy atom. The molecule has 3 N–H and O–H groups in total. The van der Waals surface area contributed by atoms with E-state index in [9.17, 15) is 19.5 Å². The quantitative estimate of drug-likeness (QED) is 0.355. The number of nitrogens with zero attached hydrogens (tertiary/aromatic N) is 1. The first kappa shape index (κ1) is 29.0. The van der Waals surface area contributed by atoms with Crippen LogP contribution < -0.4 is 10.6 Å². The molecule has 0 bridgehead atoms. The molecule has 3 atom stereocenters. The summed E-state index contributed by atoms with van der Waals surface area (Å²) in [7, 11) is 0. The molecule has 196 valence electrons. The van der Waals surface area contributed by atoms with Crippen molar-refractivity contribution < 1.29 is 24.2 Å². The molecule has 8 nitrogen and oxygen atoms in total. The lowest BCUT2D eigenvalue weighted by Gasteiger charge is -2.38. The summed E-state index contributed by atoms with van der Waals surface area (Å²) in [6.07, 6.45) is -0.222. The van der Waals surface area contributed by atoms with Crippen LogP contribution in [0.3, 0.4) is 0 Å². The fourth-order valence-electron chi connectivity index (χ4n) is 3.63. The number of phenolic OH excluding ortho intramolecular Hbond substituents is 1. The molecule has 2 aromatic carbocycles. The molecular weight excluding hydrogens is 478 g/mol. The minimum absolute atomic E-state index is 0.00979. The first-order chi connectivity index (χ1) is 17.0. The molecule has 0 aliphatic rings. The topological polar surface area (TPSA) is 108 Å². The third-order valence-electron chi connectivity index (χ3n) is 5.56. The molecule has 36 heavy (non-hydrogen) atoms. The van der Waals surface area contributed by atoms with Crippen LogP contribution in [0.1, 0.15) is 58.2 Å². The third kappa shape index (κ3) is 8.19. The van der Waals surface area contributed by atoms with Crippen molar-refractivity contribution in [3.8, 4) is 5.75 Å². The molecule has 2 rings (SSSR count). The first-order valence-electron chi connectivity index (χ1n) is 12.0. The number of aromatic hydroxyl groups is 1. The van der Waals surface area contributed by atoms with Crippen LogP contribution in [0.2, 0.25) is 0 Å². The molecule has 0 radical (unpaired) electrons. The van der Waals surface area contributed by atoms with Crippen molar-refractivity contribution in [1.82, 2.24) is 15.5 Å². The van der Waals surface area contributed by atoms with Gasteiger partial charge in [-0.2, -0.15) is 12.6 Å². The van der Waals surface area contributed by atoms with Gasteiger partial charge in [-0.3, -0.25) is 9.59 Å². The summed E-state index contributed by atoms with van der Waals surface area (Å²) < 4.78 is 5.31. The second-order valence-electron chi connectivity index (χ2n) is 9.55. The second-order valence-corrected chi connectivity index (χ2v) is 9.91. The van der Waals surface area contributed by atoms with Crippen molar-refractivity contribution in [3.05, 3.63) is 65.7 Å². The SMILES string of the molecule is CCC(C)N(C(=O)C(CS)NC(=O)OC(C)(C)C)C(C(=O)NCc1ccccc1)c1ccccc1O. The monoisotopic (exact) mass is 515 g/mol. The minimum Gasteiger partial charge on any atom is -0.508 e. The number of alkyl carbamates (subject to hydrolysis) is 1. The maximum atomic E-state index is 13.8. The Morgan fingerprint density at radius 2 is 1.67 bits per heavy atom. The number of amides is 3. The van der Waals surface area contributed by atoms with Gasteiger partial charge in [-0.05, 0) is 45.7 Å². The van der Waals surface area contributed by atoms with Gasteiger partial charge in [0.05, 0.1) is 0 Å². The van der Waals surface area contributed by atoms with Crippen LogP contribution in [-0.2, 0) is 20.9 Å². The molecule has 0 aromatic heterocycles. The van der Waals surface area contributed by atoms with Crippen molar-refractivity contribution >= 4 is 30.5 Å². The van der Waals surface area contributed by atoms with Crippen molar-refractivity contribution in [2.75, 3.05) is 5.75 Å². The van der Waals surface area contributed by atoms with Crippen molar-refractivity contribution in [2.24, 2.45) is 0 Å². The van der Waals surface area contributed by atoms with E-state index in [0.29, 0.717) is 6.42 Å². The largest absolute Gasteiger partial charge is 0.508 e. The van der Waals surface area contributed by atoms with E-state index < -0.39 is 41.6 Å². The first-order valence-corrected chi connectivity index (χ1v) is 12.6. The maximum Gasteiger partial charge on any atom is 0.408 e. The van der Waals surface area contributed by atoms with E-state index in [1.807, 2.05) is 44.2 Å². The lowest BCUT2D eigenvalue weighted by Crippen LogP contribution is -2.56. The molecule has 0 saturated heterocycles. The van der Waals surface area contributed by atoms with Gasteiger partial charge in [0.25, 0.3) is 0 Å². The molecule has 0 fully saturated rings. The molecule has 0 spiro atoms. The lowest BCUT2D eigenvalue weighted by atomic mass is 9.99. The zero-order valence-electron chi connectivity index (χ0n) is 21.5. The molecule has 0 aliphatic carbocycles. The zero-order chi connectivity index (χ0) is 26.9. The summed E-state index contributed by atoms with van der Waals surface area (Å²) in [5.74, 6) is -1.08. The summed E-state index contributed by atoms with van der Waals surface area (Å²) in [6, 6.07) is 13.2. The Bertz CT molecular complexity index is 1030. The minimum atomic E-state index is -1.14. The van der Waals surface area contributed by atoms with E-state index >= 15 is 0 Å². The van der Waals surface area contributed by atoms with Crippen LogP contribution in [0.15, 0.2) is 54.6 Å². The highest BCUT2D eigenvalue weighted by Crippen LogP contribution is 2.32. The summed E-state index contributed by atoms with van der Waals surface area (Å²) in [5.41, 5.74) is 0.426. The molecule has 2 aromatic rings. The van der Waals surface area contributed by atoms with Crippen LogP contribution in [0.25, 0.3) is 0 Å². The summed E-state index contributed by atoms with van der Waals surface area (Å²) in [6.45, 7) is 9.13. The molecule has 9 heteroatoms. The van der Waals surface area contributed by atoms with Crippen LogP contribution >= 0.6 is 12.6 Å². The Balaban J connectivity index is 2.44. The summed E-state index contributed by atoms with van der Waals surface area (Å²) in [4.78, 5) is 41.3. The van der Waals surface area contributed by atoms with Gasteiger partial charge in [-0.15, -0.1) is 0 Å². The number of hydrogen-bond donors (Lipinski definition) is 4. The van der Waals surface area contributed by atoms with Crippen LogP contribution in [-0.4, -0.2) is 51.4 Å². The average molecular weight is 516 g/mol. The molecule has 0 saturated carbocycles. The molecule has 3 amide bonds. The highest BCUT2D eigenvalue weighted by atomic mass is 32.1. The number of ether oxygens (including phenoxy) is 1. The van der Waals surface area contributed by atoms with Gasteiger partial charge in [0.1, 0.15) is 23.4 Å². The fourth-order valence-corrected chi connectivity index (χ4v) is 3.88. The Labute approximate surface area is 218 Å². The van der Waals surface area contributed by atoms with Crippen LogP contribution in [0, 0.1) is 0 Å². The Morgan fingerprint density at radius 1 is 1.06 bits per heavy atom. The number of phenols is 1. The smallest absolute Gasteiger partial charge is 0.408 e. The standard InChI is InChI=1S/C27H37N3O5S/c1-6-18(2)30(25(33)21(17-36)29-26(34)35-27(3,4)5)23(20-14-10-11-15-22(20)31)24(32)28-16-19-12-8-7-9-13-19/h7-15,18,21,23,31,36H,6,16-17H2,1-5H3,(H,28,32)(H,29,34).